The van der Waals surface area contributed by atoms with E-state index in [1.807, 2.05) is 0 Å². The summed E-state index contributed by atoms with van der Waals surface area (Å²) in [4.78, 5) is 44.6. The van der Waals surface area contributed by atoms with Crippen molar-refractivity contribution in [1.82, 2.24) is 14.9 Å². The number of aliphatic imine (C=N–C) groups is 1. The van der Waals surface area contributed by atoms with E-state index in [4.69, 9.17) is 18.9 Å². The maximum atomic E-state index is 12.2. The van der Waals surface area contributed by atoms with Gasteiger partial charge in [0.1, 0.15) is 23.8 Å². The fourth-order valence-corrected chi connectivity index (χ4v) is 4.99. The van der Waals surface area contributed by atoms with Crippen LogP contribution in [0.15, 0.2) is 11.3 Å². The Hall–Kier alpha value is -2.99. The molecule has 2 N–H and O–H groups in total. The normalized spacial score (nSPS) is 33.1. The number of carbonyl (C=O) groups is 3. The summed E-state index contributed by atoms with van der Waals surface area (Å²) in [7, 11) is 0. The van der Waals surface area contributed by atoms with Crippen LogP contribution in [0.25, 0.3) is 0 Å². The number of esters is 3. The van der Waals surface area contributed by atoms with Crippen molar-refractivity contribution < 1.29 is 33.3 Å². The van der Waals surface area contributed by atoms with Gasteiger partial charge in [0.25, 0.3) is 0 Å². The van der Waals surface area contributed by atoms with Gasteiger partial charge in [0, 0.05) is 19.9 Å². The van der Waals surface area contributed by atoms with Crippen molar-refractivity contribution in [3.05, 3.63) is 12.0 Å². The van der Waals surface area contributed by atoms with E-state index in [0.29, 0.717) is 17.6 Å². The number of ether oxygens (including phenoxy) is 4. The third kappa shape index (κ3) is 4.08. The summed E-state index contributed by atoms with van der Waals surface area (Å²) in [5, 5.41) is 6.67. The second-order valence-electron chi connectivity index (χ2n) is 8.71. The Labute approximate surface area is 190 Å². The summed E-state index contributed by atoms with van der Waals surface area (Å²) in [6.45, 7) is 2.47. The molecule has 1 saturated carbocycles. The lowest BCUT2D eigenvalue weighted by Crippen LogP contribution is -2.37. The molecule has 33 heavy (non-hydrogen) atoms. The molecule has 0 radical (unpaired) electrons. The van der Waals surface area contributed by atoms with Gasteiger partial charge >= 0.3 is 17.9 Å². The lowest BCUT2D eigenvalue weighted by atomic mass is 9.95. The van der Waals surface area contributed by atoms with Crippen LogP contribution < -0.4 is 10.6 Å². The van der Waals surface area contributed by atoms with Crippen LogP contribution in [0.3, 0.4) is 0 Å². The molecule has 12 nitrogen and oxygen atoms in total. The molecule has 1 aromatic rings. The molecule has 178 valence electrons. The van der Waals surface area contributed by atoms with Crippen molar-refractivity contribution in [2.45, 2.75) is 88.8 Å². The predicted molar refractivity (Wildman–Crippen MR) is 112 cm³/mol. The molecular formula is C21H27N5O7. The van der Waals surface area contributed by atoms with Gasteiger partial charge in [0.05, 0.1) is 12.7 Å². The molecule has 3 fully saturated rings. The van der Waals surface area contributed by atoms with Crippen molar-refractivity contribution in [2.75, 3.05) is 5.32 Å². The van der Waals surface area contributed by atoms with Crippen LogP contribution in [0.4, 0.5) is 5.82 Å². The van der Waals surface area contributed by atoms with Gasteiger partial charge in [-0.15, -0.1) is 0 Å². The Kier molecular flexibility index (Phi) is 5.79. The van der Waals surface area contributed by atoms with Gasteiger partial charge in [-0.1, -0.05) is 19.3 Å². The Morgan fingerprint density at radius 1 is 1.15 bits per heavy atom. The van der Waals surface area contributed by atoms with Crippen LogP contribution in [0.1, 0.15) is 64.0 Å². The highest BCUT2D eigenvalue weighted by Crippen LogP contribution is 2.42. The van der Waals surface area contributed by atoms with Gasteiger partial charge in [-0.25, -0.2) is 14.8 Å². The predicted octanol–water partition coefficient (Wildman–Crippen LogP) is 0.944. The number of rotatable bonds is 5. The monoisotopic (exact) mass is 461 g/mol. The number of nitrogens with zero attached hydrogens (tertiary/aromatic N) is 3. The maximum Gasteiger partial charge on any atom is 0.350 e. The molecule has 6 atom stereocenters. The first-order valence-electron chi connectivity index (χ1n) is 11.2. The van der Waals surface area contributed by atoms with Gasteiger partial charge in [-0.2, -0.15) is 0 Å². The molecule has 1 aliphatic carbocycles. The van der Waals surface area contributed by atoms with Crippen molar-refractivity contribution in [2.24, 2.45) is 4.99 Å². The second-order valence-corrected chi connectivity index (χ2v) is 8.71. The van der Waals surface area contributed by atoms with E-state index in [1.54, 1.807) is 17.2 Å². The van der Waals surface area contributed by atoms with Crippen LogP contribution in [-0.2, 0) is 33.3 Å². The average molecular weight is 461 g/mol. The Morgan fingerprint density at radius 2 is 1.91 bits per heavy atom. The lowest BCUT2D eigenvalue weighted by Gasteiger charge is -2.29. The van der Waals surface area contributed by atoms with E-state index in [-0.39, 0.29) is 6.17 Å². The zero-order valence-corrected chi connectivity index (χ0v) is 18.4. The van der Waals surface area contributed by atoms with Crippen LogP contribution in [0.5, 0.6) is 0 Å². The summed E-state index contributed by atoms with van der Waals surface area (Å²) >= 11 is 0. The molecule has 2 saturated heterocycles. The van der Waals surface area contributed by atoms with Gasteiger partial charge in [0.2, 0.25) is 6.10 Å². The molecule has 0 aromatic carbocycles. The van der Waals surface area contributed by atoms with Crippen LogP contribution in [-0.4, -0.2) is 64.3 Å². The fraction of sp³-hybridized carbons (Fsp3) is 0.667. The highest BCUT2D eigenvalue weighted by molar-refractivity contribution is 5.82. The molecule has 5 rings (SSSR count). The molecule has 0 spiro atoms. The quantitative estimate of drug-likeness (QED) is 0.480. The lowest BCUT2D eigenvalue weighted by molar-refractivity contribution is -0.174. The van der Waals surface area contributed by atoms with Crippen molar-refractivity contribution >= 4 is 30.1 Å². The number of aromatic nitrogens is 2. The number of carbonyl (C=O) groups excluding carboxylic acids is 3. The largest absolute Gasteiger partial charge is 0.454 e. The number of anilines is 1. The molecule has 12 heteroatoms. The highest BCUT2D eigenvalue weighted by atomic mass is 16.7. The molecule has 4 aliphatic rings. The van der Waals surface area contributed by atoms with E-state index < -0.39 is 48.6 Å². The number of nitrogens with one attached hydrogen (secondary N) is 2. The molecule has 3 aliphatic heterocycles. The Morgan fingerprint density at radius 3 is 2.64 bits per heavy atom. The number of hydrogen-bond acceptors (Lipinski definition) is 11. The molecular weight excluding hydrogens is 434 g/mol. The smallest absolute Gasteiger partial charge is 0.350 e. The second kappa shape index (κ2) is 8.75. The summed E-state index contributed by atoms with van der Waals surface area (Å²) in [6, 6.07) is 0.372. The number of imidazole rings is 1. The molecule has 0 unspecified atom stereocenters. The minimum Gasteiger partial charge on any atom is -0.454 e. The molecule has 0 bridgehead atoms. The molecule has 1 aromatic heterocycles. The summed E-state index contributed by atoms with van der Waals surface area (Å²) < 4.78 is 23.8. The van der Waals surface area contributed by atoms with Gasteiger partial charge in [-0.05, 0) is 12.8 Å². The van der Waals surface area contributed by atoms with E-state index in [9.17, 15) is 14.4 Å². The number of fused-ring (bicyclic) bond motifs is 2. The van der Waals surface area contributed by atoms with E-state index in [1.165, 1.54) is 33.1 Å². The Balaban J connectivity index is 1.41. The third-order valence-electron chi connectivity index (χ3n) is 6.38. The molecule has 4 heterocycles. The van der Waals surface area contributed by atoms with Crippen molar-refractivity contribution in [3.8, 4) is 0 Å². The summed E-state index contributed by atoms with van der Waals surface area (Å²) in [6.07, 6.45) is 3.85. The van der Waals surface area contributed by atoms with Crippen LogP contribution in [0.2, 0.25) is 0 Å². The standard InChI is InChI=1S/C21H27N5O7/c1-10(27)30-16-14-15(17(21(29)33-14)31-11(2)28)32-20(16)26-9-24-13-18(22-8-23-19(13)26)25-12-6-4-3-5-7-12/h8-9,12,14-18,20,25H,3-7H2,1-2H3,(H,22,23)/t14-,15+,16+,17-,18+,20-/m0/s1. The van der Waals surface area contributed by atoms with Crippen LogP contribution in [0, 0.1) is 0 Å². The van der Waals surface area contributed by atoms with E-state index in [0.717, 1.165) is 12.8 Å². The first-order valence-corrected chi connectivity index (χ1v) is 11.2. The van der Waals surface area contributed by atoms with Crippen molar-refractivity contribution in [1.29, 1.82) is 0 Å². The average Bonchev–Trinajstić information content (AvgIpc) is 3.43. The van der Waals surface area contributed by atoms with Gasteiger partial charge < -0.3 is 24.3 Å². The van der Waals surface area contributed by atoms with Gasteiger partial charge in [0.15, 0.2) is 18.4 Å². The minimum atomic E-state index is -1.23. The zero-order valence-electron chi connectivity index (χ0n) is 18.4. The van der Waals surface area contributed by atoms with Crippen LogP contribution >= 0.6 is 0 Å². The highest BCUT2D eigenvalue weighted by Gasteiger charge is 2.61. The molecule has 0 amide bonds. The first kappa shape index (κ1) is 21.8. The minimum absolute atomic E-state index is 0.315. The topological polar surface area (TPSA) is 142 Å². The number of hydrogen-bond donors (Lipinski definition) is 2. The Bertz CT molecular complexity index is 972. The summed E-state index contributed by atoms with van der Waals surface area (Å²) in [5.74, 6) is -1.29. The van der Waals surface area contributed by atoms with Crippen molar-refractivity contribution in [3.63, 3.8) is 0 Å². The van der Waals surface area contributed by atoms with E-state index >= 15 is 0 Å². The first-order chi connectivity index (χ1) is 15.9. The van der Waals surface area contributed by atoms with E-state index in [2.05, 4.69) is 20.6 Å². The maximum absolute atomic E-state index is 12.2. The fourth-order valence-electron chi connectivity index (χ4n) is 4.99. The SMILES string of the molecule is CC(=O)O[C@@H]1[C@H]2OC(=O)[C@@H](OC(C)=O)[C@@H]2O[C@@H]1n1cnc2c1NC=N[C@@H]2NC1CCCCC1. The zero-order chi connectivity index (χ0) is 23.1. The summed E-state index contributed by atoms with van der Waals surface area (Å²) in [5.41, 5.74) is 0.693. The third-order valence-corrected chi connectivity index (χ3v) is 6.38. The van der Waals surface area contributed by atoms with Gasteiger partial charge in [-0.3, -0.25) is 19.5 Å².